The molecule has 1 saturated heterocycles. The number of nitrogens with one attached hydrogen (secondary N) is 2. The van der Waals surface area contributed by atoms with E-state index in [2.05, 4.69) is 17.6 Å². The lowest BCUT2D eigenvalue weighted by atomic mass is 9.75. The first-order valence-electron chi connectivity index (χ1n) is 7.40. The van der Waals surface area contributed by atoms with Gasteiger partial charge >= 0.3 is 6.03 Å². The first kappa shape index (κ1) is 14.3. The van der Waals surface area contributed by atoms with E-state index in [0.717, 1.165) is 38.5 Å². The summed E-state index contributed by atoms with van der Waals surface area (Å²) < 4.78 is 5.66. The summed E-state index contributed by atoms with van der Waals surface area (Å²) in [4.78, 5) is 23.7. The zero-order valence-electron chi connectivity index (χ0n) is 11.7. The van der Waals surface area contributed by atoms with E-state index in [1.165, 1.54) is 6.42 Å². The predicted molar refractivity (Wildman–Crippen MR) is 71.7 cm³/mol. The van der Waals surface area contributed by atoms with Crippen molar-refractivity contribution in [3.05, 3.63) is 0 Å². The highest BCUT2D eigenvalue weighted by atomic mass is 16.5. The van der Waals surface area contributed by atoms with Crippen LogP contribution < -0.4 is 10.6 Å². The Morgan fingerprint density at radius 2 is 2.00 bits per heavy atom. The van der Waals surface area contributed by atoms with E-state index in [0.29, 0.717) is 13.2 Å². The van der Waals surface area contributed by atoms with Gasteiger partial charge in [-0.1, -0.05) is 32.6 Å². The molecular formula is C14H24N2O3. The van der Waals surface area contributed by atoms with Gasteiger partial charge in [0.25, 0.3) is 5.91 Å². The normalized spacial score (nSPS) is 28.3. The summed E-state index contributed by atoms with van der Waals surface area (Å²) in [6.07, 6.45) is 7.51. The molecule has 2 fully saturated rings. The van der Waals surface area contributed by atoms with Gasteiger partial charge in [0.1, 0.15) is 5.54 Å². The molecule has 2 N–H and O–H groups in total. The Kier molecular flexibility index (Phi) is 4.80. The molecular weight excluding hydrogens is 244 g/mol. The Morgan fingerprint density at radius 1 is 1.26 bits per heavy atom. The molecule has 1 heterocycles. The smallest absolute Gasteiger partial charge is 0.322 e. The molecule has 1 atom stereocenters. The van der Waals surface area contributed by atoms with Gasteiger partial charge in [-0.25, -0.2) is 4.79 Å². The summed E-state index contributed by atoms with van der Waals surface area (Å²) in [6, 6.07) is -0.380. The molecule has 5 nitrogen and oxygen atoms in total. The minimum Gasteiger partial charge on any atom is -0.378 e. The first-order chi connectivity index (χ1) is 9.19. The zero-order chi connectivity index (χ0) is 13.7. The highest BCUT2D eigenvalue weighted by Crippen LogP contribution is 2.34. The molecule has 0 aromatic carbocycles. The van der Waals surface area contributed by atoms with Crippen LogP contribution in [0.2, 0.25) is 0 Å². The number of ether oxygens (including phenoxy) is 1. The average molecular weight is 268 g/mol. The van der Waals surface area contributed by atoms with Crippen molar-refractivity contribution in [1.29, 1.82) is 0 Å². The third-order valence-electron chi connectivity index (χ3n) is 4.24. The fourth-order valence-corrected chi connectivity index (χ4v) is 3.09. The molecule has 0 aromatic rings. The number of unbranched alkanes of at least 4 members (excludes halogenated alkanes) is 1. The maximum absolute atomic E-state index is 12.2. The van der Waals surface area contributed by atoms with Crippen molar-refractivity contribution in [2.45, 2.75) is 57.4 Å². The second kappa shape index (κ2) is 6.37. The number of amides is 3. The maximum Gasteiger partial charge on any atom is 0.322 e. The lowest BCUT2D eigenvalue weighted by molar-refractivity contribution is -0.129. The molecule has 1 aliphatic carbocycles. The number of hydrogen-bond donors (Lipinski definition) is 2. The van der Waals surface area contributed by atoms with Gasteiger partial charge in [-0.15, -0.1) is 0 Å². The Labute approximate surface area is 114 Å². The van der Waals surface area contributed by atoms with E-state index < -0.39 is 5.54 Å². The molecule has 1 aliphatic heterocycles. The standard InChI is InChI=1S/C14H24N2O3/c1-2-3-9-19-10-14(11-7-5-4-6-8-11)12(17)15-13(18)16-14/h11H,2-10H2,1H3,(H2,15,16,17,18). The van der Waals surface area contributed by atoms with E-state index in [-0.39, 0.29) is 17.9 Å². The van der Waals surface area contributed by atoms with Crippen molar-refractivity contribution < 1.29 is 14.3 Å². The SMILES string of the molecule is CCCCOCC1(C2CCCCC2)NC(=O)NC1=O. The molecule has 3 amide bonds. The van der Waals surface area contributed by atoms with Crippen LogP contribution in [0.25, 0.3) is 0 Å². The Balaban J connectivity index is 2.04. The van der Waals surface area contributed by atoms with Gasteiger partial charge in [0.15, 0.2) is 0 Å². The molecule has 5 heteroatoms. The number of rotatable bonds is 6. The third-order valence-corrected chi connectivity index (χ3v) is 4.24. The number of hydrogen-bond acceptors (Lipinski definition) is 3. The summed E-state index contributed by atoms with van der Waals surface area (Å²) in [5.41, 5.74) is -0.828. The largest absolute Gasteiger partial charge is 0.378 e. The monoisotopic (exact) mass is 268 g/mol. The van der Waals surface area contributed by atoms with E-state index in [1.54, 1.807) is 0 Å². The Bertz CT molecular complexity index is 340. The van der Waals surface area contributed by atoms with E-state index in [1.807, 2.05) is 0 Å². The highest BCUT2D eigenvalue weighted by Gasteiger charge is 2.52. The molecule has 0 radical (unpaired) electrons. The molecule has 2 rings (SSSR count). The van der Waals surface area contributed by atoms with Crippen LogP contribution in [0.5, 0.6) is 0 Å². The second-order valence-electron chi connectivity index (χ2n) is 5.62. The topological polar surface area (TPSA) is 67.4 Å². The van der Waals surface area contributed by atoms with Gasteiger partial charge < -0.3 is 10.1 Å². The van der Waals surface area contributed by atoms with Crippen LogP contribution in [-0.4, -0.2) is 30.7 Å². The van der Waals surface area contributed by atoms with Crippen LogP contribution in [0.15, 0.2) is 0 Å². The van der Waals surface area contributed by atoms with Crippen molar-refractivity contribution >= 4 is 11.9 Å². The summed E-state index contributed by atoms with van der Waals surface area (Å²) >= 11 is 0. The Morgan fingerprint density at radius 3 is 2.58 bits per heavy atom. The summed E-state index contributed by atoms with van der Waals surface area (Å²) in [6.45, 7) is 3.05. The lowest BCUT2D eigenvalue weighted by Gasteiger charge is -2.36. The highest BCUT2D eigenvalue weighted by molar-refractivity contribution is 6.07. The van der Waals surface area contributed by atoms with Crippen LogP contribution >= 0.6 is 0 Å². The van der Waals surface area contributed by atoms with Gasteiger partial charge in [-0.3, -0.25) is 10.1 Å². The third kappa shape index (κ3) is 3.08. The van der Waals surface area contributed by atoms with Gasteiger partial charge in [0.2, 0.25) is 0 Å². The predicted octanol–water partition coefficient (Wildman–Crippen LogP) is 1.96. The first-order valence-corrected chi connectivity index (χ1v) is 7.40. The van der Waals surface area contributed by atoms with Crippen molar-refractivity contribution in [2.24, 2.45) is 5.92 Å². The average Bonchev–Trinajstić information content (AvgIpc) is 2.71. The molecule has 19 heavy (non-hydrogen) atoms. The molecule has 0 bridgehead atoms. The lowest BCUT2D eigenvalue weighted by Crippen LogP contribution is -2.57. The fraction of sp³-hybridized carbons (Fsp3) is 0.857. The van der Waals surface area contributed by atoms with Crippen LogP contribution in [-0.2, 0) is 9.53 Å². The van der Waals surface area contributed by atoms with Crippen LogP contribution in [0, 0.1) is 5.92 Å². The molecule has 108 valence electrons. The van der Waals surface area contributed by atoms with Gasteiger partial charge in [0.05, 0.1) is 6.61 Å². The van der Waals surface area contributed by atoms with Crippen molar-refractivity contribution in [3.63, 3.8) is 0 Å². The van der Waals surface area contributed by atoms with Crippen LogP contribution in [0.4, 0.5) is 4.79 Å². The van der Waals surface area contributed by atoms with E-state index in [4.69, 9.17) is 4.74 Å². The van der Waals surface area contributed by atoms with E-state index >= 15 is 0 Å². The second-order valence-corrected chi connectivity index (χ2v) is 5.62. The quantitative estimate of drug-likeness (QED) is 0.571. The number of imide groups is 1. The summed E-state index contributed by atoms with van der Waals surface area (Å²) in [7, 11) is 0. The minimum absolute atomic E-state index is 0.203. The fourth-order valence-electron chi connectivity index (χ4n) is 3.09. The van der Waals surface area contributed by atoms with Crippen LogP contribution in [0.3, 0.4) is 0 Å². The van der Waals surface area contributed by atoms with Gasteiger partial charge in [-0.05, 0) is 25.2 Å². The molecule has 0 aromatic heterocycles. The Hall–Kier alpha value is -1.10. The molecule has 1 unspecified atom stereocenters. The van der Waals surface area contributed by atoms with Gasteiger partial charge in [-0.2, -0.15) is 0 Å². The van der Waals surface area contributed by atoms with Crippen molar-refractivity contribution in [1.82, 2.24) is 10.6 Å². The summed E-state index contributed by atoms with van der Waals surface area (Å²) in [5, 5.41) is 5.22. The minimum atomic E-state index is -0.828. The number of carbonyl (C=O) groups excluding carboxylic acids is 2. The van der Waals surface area contributed by atoms with Crippen LogP contribution in [0.1, 0.15) is 51.9 Å². The zero-order valence-corrected chi connectivity index (χ0v) is 11.7. The van der Waals surface area contributed by atoms with Crippen molar-refractivity contribution in [3.8, 4) is 0 Å². The molecule has 0 spiro atoms. The number of urea groups is 1. The molecule has 2 aliphatic rings. The number of carbonyl (C=O) groups is 2. The molecule has 1 saturated carbocycles. The van der Waals surface area contributed by atoms with E-state index in [9.17, 15) is 9.59 Å². The van der Waals surface area contributed by atoms with Crippen molar-refractivity contribution in [2.75, 3.05) is 13.2 Å². The maximum atomic E-state index is 12.2. The van der Waals surface area contributed by atoms with Gasteiger partial charge in [0, 0.05) is 6.61 Å². The summed E-state index contributed by atoms with van der Waals surface area (Å²) in [5.74, 6) is -0.00442.